The molecule has 14 nitrogen and oxygen atoms in total. The van der Waals surface area contributed by atoms with E-state index in [1.54, 1.807) is 36.4 Å². The van der Waals surface area contributed by atoms with Gasteiger partial charge in [-0.2, -0.15) is 13.5 Å². The summed E-state index contributed by atoms with van der Waals surface area (Å²) in [5.41, 5.74) is 7.01. The number of hydrogen-bond acceptors (Lipinski definition) is 10. The van der Waals surface area contributed by atoms with Gasteiger partial charge in [0.25, 0.3) is 21.5 Å². The zero-order chi connectivity index (χ0) is 28.4. The van der Waals surface area contributed by atoms with Gasteiger partial charge < -0.3 is 16.4 Å². The van der Waals surface area contributed by atoms with E-state index in [4.69, 9.17) is 17.3 Å². The van der Waals surface area contributed by atoms with Crippen LogP contribution in [0.5, 0.6) is 0 Å². The molecule has 5 N–H and O–H groups in total. The number of benzene rings is 2. The van der Waals surface area contributed by atoms with Gasteiger partial charge in [0.2, 0.25) is 0 Å². The molecular weight excluding hydrogens is 628 g/mol. The highest BCUT2D eigenvalue weighted by molar-refractivity contribution is 9.10. The van der Waals surface area contributed by atoms with E-state index in [9.17, 15) is 18.0 Å². The Morgan fingerprint density at radius 2 is 1.95 bits per heavy atom. The lowest BCUT2D eigenvalue weighted by molar-refractivity contribution is 0.101. The first kappa shape index (κ1) is 26.9. The molecule has 1 amide bonds. The molecule has 1 aliphatic rings. The smallest absolute Gasteiger partial charge is 0.285 e. The molecule has 3 aromatic heterocycles. The number of nitrogens with one attached hydrogen (secondary N) is 3. The molecular formula is C23H16BrClN10O4S. The second kappa shape index (κ2) is 10.8. The monoisotopic (exact) mass is 642 g/mol. The van der Waals surface area contributed by atoms with Crippen LogP contribution in [0.25, 0.3) is 16.7 Å². The minimum absolute atomic E-state index is 0.0322. The van der Waals surface area contributed by atoms with Crippen LogP contribution < -0.4 is 21.9 Å². The highest BCUT2D eigenvalue weighted by Crippen LogP contribution is 2.29. The molecule has 0 bridgehead atoms. The van der Waals surface area contributed by atoms with Crippen LogP contribution in [0.2, 0.25) is 5.02 Å². The van der Waals surface area contributed by atoms with Gasteiger partial charge in [-0.25, -0.2) is 14.8 Å². The zero-order valence-electron chi connectivity index (χ0n) is 19.9. The van der Waals surface area contributed by atoms with Gasteiger partial charge in [-0.1, -0.05) is 22.9 Å². The van der Waals surface area contributed by atoms with Crippen LogP contribution in [-0.4, -0.2) is 50.8 Å². The minimum atomic E-state index is -3.81. The minimum Gasteiger partial charge on any atom is -0.398 e. The van der Waals surface area contributed by atoms with E-state index in [1.807, 2.05) is 0 Å². The topological polar surface area (TPSA) is 203 Å². The summed E-state index contributed by atoms with van der Waals surface area (Å²) >= 11 is 9.39. The lowest BCUT2D eigenvalue weighted by atomic mass is 10.2. The average Bonchev–Trinajstić information content (AvgIpc) is 3.31. The summed E-state index contributed by atoms with van der Waals surface area (Å²) in [5, 5.41) is 19.7. The Balaban J connectivity index is 0.000000223. The van der Waals surface area contributed by atoms with Crippen molar-refractivity contribution in [1.82, 2.24) is 30.2 Å². The number of fused-ring (bicyclic) bond motifs is 2. The molecule has 17 heteroatoms. The van der Waals surface area contributed by atoms with Crippen molar-refractivity contribution in [3.63, 3.8) is 0 Å². The summed E-state index contributed by atoms with van der Waals surface area (Å²) in [6.07, 6.45) is 2.63. The maximum atomic E-state index is 12.8. The van der Waals surface area contributed by atoms with Crippen molar-refractivity contribution >= 4 is 77.8 Å². The van der Waals surface area contributed by atoms with Crippen LogP contribution in [0.1, 0.15) is 10.5 Å². The molecule has 6 rings (SSSR count). The Kier molecular flexibility index (Phi) is 7.29. The van der Waals surface area contributed by atoms with Gasteiger partial charge >= 0.3 is 0 Å². The number of aromatic nitrogens is 6. The number of anilines is 3. The molecule has 0 saturated carbocycles. The number of H-pyrrole nitrogens is 1. The highest BCUT2D eigenvalue weighted by Gasteiger charge is 2.23. The van der Waals surface area contributed by atoms with Crippen molar-refractivity contribution < 1.29 is 13.2 Å². The number of sulfonamides is 1. The summed E-state index contributed by atoms with van der Waals surface area (Å²) < 4.78 is 29.3. The number of halogens is 2. The number of pyridine rings is 1. The number of carbonyl (C=O) groups excluding carboxylic acids is 1. The fraction of sp³-hybridized carbons (Fsp3) is 0. The van der Waals surface area contributed by atoms with Crippen LogP contribution in [0.3, 0.4) is 0 Å². The summed E-state index contributed by atoms with van der Waals surface area (Å²) in [4.78, 5) is 28.1. The van der Waals surface area contributed by atoms with Crippen molar-refractivity contribution in [1.29, 1.82) is 0 Å². The van der Waals surface area contributed by atoms with E-state index < -0.39 is 15.9 Å². The summed E-state index contributed by atoms with van der Waals surface area (Å²) in [6, 6.07) is 14.3. The third-order valence-corrected chi connectivity index (χ3v) is 7.35. The van der Waals surface area contributed by atoms with Crippen molar-refractivity contribution in [2.75, 3.05) is 16.4 Å². The van der Waals surface area contributed by atoms with Gasteiger partial charge in [0, 0.05) is 23.6 Å². The predicted molar refractivity (Wildman–Crippen MR) is 152 cm³/mol. The molecule has 0 aliphatic carbocycles. The number of carbonyl (C=O) groups is 1. The first-order valence-corrected chi connectivity index (χ1v) is 13.7. The van der Waals surface area contributed by atoms with Gasteiger partial charge in [0.15, 0.2) is 5.82 Å². The van der Waals surface area contributed by atoms with Crippen molar-refractivity contribution in [3.8, 4) is 5.82 Å². The van der Waals surface area contributed by atoms with E-state index in [-0.39, 0.29) is 27.7 Å². The van der Waals surface area contributed by atoms with Crippen LogP contribution >= 0.6 is 27.5 Å². The standard InChI is InChI=1S/C16H10BrClN6O3S.C7H6N4O/c17-14-7-12(24(23-14)15-10(18)2-1-5-19-15)16(25)22-9-3-4-11-13(6-9)28(26,27)21-8-20-11;8-4-2-1-3-5-6(4)7(12)10-11-9-5/h1-8H,(H,20,21)(H,22,25);1-3H,8H2,(H,9,10,12). The molecule has 40 heavy (non-hydrogen) atoms. The Hall–Kier alpha value is -4.67. The number of nitrogen functional groups attached to an aromatic ring is 1. The molecule has 0 atom stereocenters. The Bertz CT molecular complexity index is 1970. The largest absolute Gasteiger partial charge is 0.398 e. The predicted octanol–water partition coefficient (Wildman–Crippen LogP) is 2.98. The normalized spacial score (nSPS) is 13.1. The van der Waals surface area contributed by atoms with E-state index in [1.165, 1.54) is 29.1 Å². The second-order valence-corrected chi connectivity index (χ2v) is 10.8. The fourth-order valence-corrected chi connectivity index (χ4v) is 5.19. The number of nitrogens with zero attached hydrogens (tertiary/aromatic N) is 6. The van der Waals surface area contributed by atoms with Crippen LogP contribution in [0.4, 0.5) is 17.1 Å². The number of rotatable bonds is 3. The van der Waals surface area contributed by atoms with Crippen molar-refractivity contribution in [3.05, 3.63) is 86.5 Å². The van der Waals surface area contributed by atoms with E-state index >= 15 is 0 Å². The van der Waals surface area contributed by atoms with Gasteiger partial charge in [-0.15, -0.1) is 9.50 Å². The quantitative estimate of drug-likeness (QED) is 0.212. The average molecular weight is 644 g/mol. The highest BCUT2D eigenvalue weighted by atomic mass is 79.9. The molecule has 0 radical (unpaired) electrons. The number of amides is 1. The van der Waals surface area contributed by atoms with E-state index in [2.05, 4.69) is 56.5 Å². The van der Waals surface area contributed by atoms with Gasteiger partial charge in [0.05, 0.1) is 16.1 Å². The van der Waals surface area contributed by atoms with Gasteiger partial charge in [0.1, 0.15) is 27.0 Å². The molecule has 4 heterocycles. The third-order valence-electron chi connectivity index (χ3n) is 5.39. The summed E-state index contributed by atoms with van der Waals surface area (Å²) in [6.45, 7) is 0. The Morgan fingerprint density at radius 3 is 2.73 bits per heavy atom. The number of aromatic amines is 1. The molecule has 0 unspecified atom stereocenters. The molecule has 0 saturated heterocycles. The van der Waals surface area contributed by atoms with Gasteiger partial charge in [-0.3, -0.25) is 9.59 Å². The first-order valence-electron chi connectivity index (χ1n) is 11.1. The molecule has 1 aliphatic heterocycles. The zero-order valence-corrected chi connectivity index (χ0v) is 23.1. The lowest BCUT2D eigenvalue weighted by Crippen LogP contribution is -2.18. The lowest BCUT2D eigenvalue weighted by Gasteiger charge is -2.14. The molecule has 5 aromatic rings. The maximum absolute atomic E-state index is 12.8. The van der Waals surface area contributed by atoms with Crippen LogP contribution in [-0.2, 0) is 10.0 Å². The molecule has 2 aromatic carbocycles. The van der Waals surface area contributed by atoms with Crippen LogP contribution in [0, 0.1) is 0 Å². The van der Waals surface area contributed by atoms with E-state index in [0.717, 1.165) is 6.34 Å². The van der Waals surface area contributed by atoms with Crippen molar-refractivity contribution in [2.24, 2.45) is 4.40 Å². The first-order chi connectivity index (χ1) is 19.1. The Morgan fingerprint density at radius 1 is 1.12 bits per heavy atom. The Labute approximate surface area is 238 Å². The summed E-state index contributed by atoms with van der Waals surface area (Å²) in [7, 11) is -3.81. The van der Waals surface area contributed by atoms with E-state index in [0.29, 0.717) is 31.9 Å². The SMILES string of the molecule is Nc1cccc2nn[nH]c(=O)c12.O=C(Nc1ccc2c(c1)S(=O)(=O)N=CN2)c1cc(Br)nn1-c1ncccc1Cl. The second-order valence-electron chi connectivity index (χ2n) is 7.97. The van der Waals surface area contributed by atoms with Gasteiger partial charge in [-0.05, 0) is 58.4 Å². The molecule has 202 valence electrons. The maximum Gasteiger partial charge on any atom is 0.285 e. The third kappa shape index (κ3) is 5.40. The summed E-state index contributed by atoms with van der Waals surface area (Å²) in [5.74, 6) is -0.240. The number of hydrogen-bond donors (Lipinski definition) is 4. The number of nitrogens with two attached hydrogens (primary N) is 1. The molecule has 0 fully saturated rings. The van der Waals surface area contributed by atoms with Crippen molar-refractivity contribution in [2.45, 2.75) is 4.90 Å². The fourth-order valence-electron chi connectivity index (χ4n) is 3.63. The molecule has 0 spiro atoms. The van der Waals surface area contributed by atoms with Crippen LogP contribution in [0.15, 0.2) is 79.5 Å².